The fourth-order valence-electron chi connectivity index (χ4n) is 2.47. The van der Waals surface area contributed by atoms with Crippen LogP contribution in [0.4, 0.5) is 0 Å². The summed E-state index contributed by atoms with van der Waals surface area (Å²) in [6.07, 6.45) is 8.68. The van der Waals surface area contributed by atoms with Crippen LogP contribution in [-0.4, -0.2) is 32.5 Å². The minimum atomic E-state index is 0.385. The Kier molecular flexibility index (Phi) is 5.50. The molecule has 4 nitrogen and oxygen atoms in total. The largest absolute Gasteiger partial charge is 0.308 e. The van der Waals surface area contributed by atoms with Gasteiger partial charge in [-0.2, -0.15) is 11.8 Å². The highest BCUT2D eigenvalue weighted by molar-refractivity contribution is 7.99. The number of hydrogen-bond donors (Lipinski definition) is 1. The predicted molar refractivity (Wildman–Crippen MR) is 76.8 cm³/mol. The Morgan fingerprint density at radius 1 is 1.50 bits per heavy atom. The first-order valence-corrected chi connectivity index (χ1v) is 8.05. The first-order valence-electron chi connectivity index (χ1n) is 7.00. The van der Waals surface area contributed by atoms with E-state index in [0.717, 1.165) is 24.0 Å². The topological polar surface area (TPSA) is 42.7 Å². The number of nitrogens with zero attached hydrogens (tertiary/aromatic N) is 3. The molecule has 1 aromatic rings. The molecule has 1 aromatic heterocycles. The third-order valence-corrected chi connectivity index (χ3v) is 5.02. The molecule has 0 spiro atoms. The molecule has 0 aliphatic heterocycles. The molecule has 0 saturated heterocycles. The predicted octanol–water partition coefficient (Wildman–Crippen LogP) is 2.53. The summed E-state index contributed by atoms with van der Waals surface area (Å²) in [5.41, 5.74) is 1.20. The molecule has 1 saturated carbocycles. The Morgan fingerprint density at radius 3 is 2.89 bits per heavy atom. The van der Waals surface area contributed by atoms with Crippen LogP contribution in [0.25, 0.3) is 0 Å². The van der Waals surface area contributed by atoms with Gasteiger partial charge in [0, 0.05) is 18.1 Å². The van der Waals surface area contributed by atoms with E-state index in [0.29, 0.717) is 6.04 Å². The summed E-state index contributed by atoms with van der Waals surface area (Å²) < 4.78 is 1.89. The minimum Gasteiger partial charge on any atom is -0.308 e. The Labute approximate surface area is 114 Å². The first kappa shape index (κ1) is 13.9. The van der Waals surface area contributed by atoms with Gasteiger partial charge in [0.05, 0.1) is 17.9 Å². The van der Waals surface area contributed by atoms with Gasteiger partial charge in [0.1, 0.15) is 0 Å². The van der Waals surface area contributed by atoms with Crippen LogP contribution in [0.1, 0.15) is 50.8 Å². The van der Waals surface area contributed by atoms with Crippen molar-refractivity contribution in [3.8, 4) is 0 Å². The van der Waals surface area contributed by atoms with E-state index in [4.69, 9.17) is 0 Å². The van der Waals surface area contributed by atoms with Crippen LogP contribution in [0.5, 0.6) is 0 Å². The Hall–Kier alpha value is -0.550. The second-order valence-electron chi connectivity index (χ2n) is 5.03. The van der Waals surface area contributed by atoms with Gasteiger partial charge in [0.25, 0.3) is 0 Å². The molecule has 102 valence electrons. The lowest BCUT2D eigenvalue weighted by Crippen LogP contribution is -2.26. The fourth-order valence-corrected chi connectivity index (χ4v) is 3.89. The minimum absolute atomic E-state index is 0.385. The molecule has 0 aromatic carbocycles. The normalized spacial score (nSPS) is 18.3. The molecule has 1 unspecified atom stereocenters. The second-order valence-corrected chi connectivity index (χ2v) is 6.36. The number of thioether (sulfide) groups is 1. The van der Waals surface area contributed by atoms with Crippen LogP contribution in [0.15, 0.2) is 6.20 Å². The van der Waals surface area contributed by atoms with E-state index >= 15 is 0 Å². The fraction of sp³-hybridized carbons (Fsp3) is 0.846. The number of aryl methyl sites for hydroxylation is 1. The van der Waals surface area contributed by atoms with Gasteiger partial charge in [-0.05, 0) is 25.8 Å². The van der Waals surface area contributed by atoms with Crippen molar-refractivity contribution in [3.05, 3.63) is 11.9 Å². The Balaban J connectivity index is 1.90. The van der Waals surface area contributed by atoms with Gasteiger partial charge < -0.3 is 5.32 Å². The molecule has 2 rings (SSSR count). The molecular weight excluding hydrogens is 244 g/mol. The molecule has 0 bridgehead atoms. The van der Waals surface area contributed by atoms with Gasteiger partial charge in [-0.25, -0.2) is 0 Å². The van der Waals surface area contributed by atoms with Crippen LogP contribution >= 0.6 is 11.8 Å². The lowest BCUT2D eigenvalue weighted by Gasteiger charge is -2.19. The van der Waals surface area contributed by atoms with Gasteiger partial charge in [0.2, 0.25) is 0 Å². The van der Waals surface area contributed by atoms with Gasteiger partial charge in [-0.1, -0.05) is 25.0 Å². The first-order chi connectivity index (χ1) is 8.81. The standard InChI is InChI=1S/C13H24N4S/c1-3-8-14-12(13-9-15-16-17(13)2)10-18-11-6-4-5-7-11/h9,11-12,14H,3-8,10H2,1-2H3. The maximum absolute atomic E-state index is 4.04. The van der Waals surface area contributed by atoms with Crippen LogP contribution in [0, 0.1) is 0 Å². The lowest BCUT2D eigenvalue weighted by molar-refractivity contribution is 0.532. The van der Waals surface area contributed by atoms with E-state index in [2.05, 4.69) is 34.3 Å². The molecule has 5 heteroatoms. The van der Waals surface area contributed by atoms with E-state index in [1.165, 1.54) is 31.4 Å². The summed E-state index contributed by atoms with van der Waals surface area (Å²) >= 11 is 2.12. The van der Waals surface area contributed by atoms with Crippen LogP contribution in [0.3, 0.4) is 0 Å². The maximum Gasteiger partial charge on any atom is 0.0761 e. The average Bonchev–Trinajstić information content (AvgIpc) is 3.01. The monoisotopic (exact) mass is 268 g/mol. The summed E-state index contributed by atoms with van der Waals surface area (Å²) in [6, 6.07) is 0.385. The number of nitrogens with one attached hydrogen (secondary N) is 1. The number of rotatable bonds is 7. The molecule has 1 aliphatic rings. The van der Waals surface area contributed by atoms with E-state index in [-0.39, 0.29) is 0 Å². The van der Waals surface area contributed by atoms with Crippen LogP contribution in [0.2, 0.25) is 0 Å². The summed E-state index contributed by atoms with van der Waals surface area (Å²) in [6.45, 7) is 3.26. The highest BCUT2D eigenvalue weighted by atomic mass is 32.2. The van der Waals surface area contributed by atoms with Crippen molar-refractivity contribution in [2.24, 2.45) is 7.05 Å². The third kappa shape index (κ3) is 3.72. The summed E-state index contributed by atoms with van der Waals surface area (Å²) in [7, 11) is 1.98. The van der Waals surface area contributed by atoms with Crippen LogP contribution < -0.4 is 5.32 Å². The van der Waals surface area contributed by atoms with Crippen molar-refractivity contribution in [2.75, 3.05) is 12.3 Å². The van der Waals surface area contributed by atoms with Gasteiger partial charge in [-0.3, -0.25) is 4.68 Å². The average molecular weight is 268 g/mol. The number of aromatic nitrogens is 3. The molecule has 0 amide bonds. The molecular formula is C13H24N4S. The van der Waals surface area contributed by atoms with Crippen molar-refractivity contribution in [3.63, 3.8) is 0 Å². The van der Waals surface area contributed by atoms with E-state index < -0.39 is 0 Å². The Bertz CT molecular complexity index is 347. The highest BCUT2D eigenvalue weighted by Gasteiger charge is 2.20. The Morgan fingerprint density at radius 2 is 2.28 bits per heavy atom. The molecule has 0 radical (unpaired) electrons. The van der Waals surface area contributed by atoms with Crippen molar-refractivity contribution in [1.29, 1.82) is 0 Å². The van der Waals surface area contributed by atoms with E-state index in [9.17, 15) is 0 Å². The molecule has 1 atom stereocenters. The van der Waals surface area contributed by atoms with Crippen molar-refractivity contribution < 1.29 is 0 Å². The SMILES string of the molecule is CCCNC(CSC1CCCC1)c1cnnn1C. The summed E-state index contributed by atoms with van der Waals surface area (Å²) in [5.74, 6) is 1.13. The van der Waals surface area contributed by atoms with Crippen LogP contribution in [-0.2, 0) is 7.05 Å². The van der Waals surface area contributed by atoms with E-state index in [1.54, 1.807) is 0 Å². The summed E-state index contributed by atoms with van der Waals surface area (Å²) in [4.78, 5) is 0. The zero-order valence-corrected chi connectivity index (χ0v) is 12.2. The molecule has 1 fully saturated rings. The smallest absolute Gasteiger partial charge is 0.0761 e. The molecule has 1 N–H and O–H groups in total. The molecule has 1 heterocycles. The van der Waals surface area contributed by atoms with Crippen molar-refractivity contribution in [2.45, 2.75) is 50.3 Å². The van der Waals surface area contributed by atoms with Gasteiger partial charge in [0.15, 0.2) is 0 Å². The zero-order valence-electron chi connectivity index (χ0n) is 11.4. The third-order valence-electron chi connectivity index (χ3n) is 3.55. The van der Waals surface area contributed by atoms with Gasteiger partial charge >= 0.3 is 0 Å². The maximum atomic E-state index is 4.04. The second kappa shape index (κ2) is 7.14. The quantitative estimate of drug-likeness (QED) is 0.825. The number of hydrogen-bond acceptors (Lipinski definition) is 4. The van der Waals surface area contributed by atoms with Crippen molar-refractivity contribution >= 4 is 11.8 Å². The lowest BCUT2D eigenvalue weighted by atomic mass is 10.2. The molecule has 1 aliphatic carbocycles. The van der Waals surface area contributed by atoms with Crippen molar-refractivity contribution in [1.82, 2.24) is 20.3 Å². The van der Waals surface area contributed by atoms with E-state index in [1.807, 2.05) is 17.9 Å². The summed E-state index contributed by atoms with van der Waals surface area (Å²) in [5, 5.41) is 12.5. The highest BCUT2D eigenvalue weighted by Crippen LogP contribution is 2.31. The molecule has 18 heavy (non-hydrogen) atoms. The zero-order chi connectivity index (χ0) is 12.8. The van der Waals surface area contributed by atoms with Gasteiger partial charge in [-0.15, -0.1) is 5.10 Å².